The Labute approximate surface area is 106 Å². The minimum atomic E-state index is 0.0731. The number of methoxy groups -OCH3 is 1. The quantitative estimate of drug-likeness (QED) is 0.871. The zero-order valence-corrected chi connectivity index (χ0v) is 10.4. The van der Waals surface area contributed by atoms with Crippen LogP contribution in [0.3, 0.4) is 0 Å². The summed E-state index contributed by atoms with van der Waals surface area (Å²) in [6.07, 6.45) is 1.59. The summed E-state index contributed by atoms with van der Waals surface area (Å²) in [6.45, 7) is 1.57. The number of hydrogen-bond donors (Lipinski definition) is 1. The summed E-state index contributed by atoms with van der Waals surface area (Å²) in [4.78, 5) is 11.9. The van der Waals surface area contributed by atoms with Crippen molar-refractivity contribution in [2.75, 3.05) is 25.6 Å². The Morgan fingerprint density at radius 1 is 1.44 bits per heavy atom. The van der Waals surface area contributed by atoms with Crippen LogP contribution >= 0.6 is 0 Å². The number of nitrogens with one attached hydrogen (secondary N) is 1. The molecule has 18 heavy (non-hydrogen) atoms. The zero-order valence-electron chi connectivity index (χ0n) is 10.4. The molecule has 1 aromatic rings. The molecule has 2 aliphatic rings. The van der Waals surface area contributed by atoms with Gasteiger partial charge in [-0.2, -0.15) is 0 Å². The van der Waals surface area contributed by atoms with Crippen LogP contribution in [0.2, 0.25) is 0 Å². The second-order valence-corrected chi connectivity index (χ2v) is 4.91. The lowest BCUT2D eigenvalue weighted by Gasteiger charge is -2.30. The van der Waals surface area contributed by atoms with E-state index < -0.39 is 0 Å². The van der Waals surface area contributed by atoms with E-state index in [1.165, 1.54) is 5.56 Å². The van der Waals surface area contributed by atoms with Gasteiger partial charge in [-0.3, -0.25) is 4.79 Å². The summed E-state index contributed by atoms with van der Waals surface area (Å²) in [5.41, 5.74) is 2.03. The van der Waals surface area contributed by atoms with Crippen LogP contribution in [-0.2, 0) is 9.53 Å². The molecule has 96 valence electrons. The van der Waals surface area contributed by atoms with Crippen LogP contribution in [0.1, 0.15) is 24.3 Å². The number of carbonyl (C=O) groups excluding carboxylic acids is 1. The molecule has 1 saturated heterocycles. The fraction of sp³-hybridized carbons (Fsp3) is 0.500. The summed E-state index contributed by atoms with van der Waals surface area (Å²) >= 11 is 0. The van der Waals surface area contributed by atoms with E-state index in [1.807, 2.05) is 12.1 Å². The number of anilines is 1. The Kier molecular flexibility index (Phi) is 2.96. The maximum Gasteiger partial charge on any atom is 0.225 e. The van der Waals surface area contributed by atoms with Crippen LogP contribution in [-0.4, -0.2) is 26.2 Å². The van der Waals surface area contributed by atoms with Crippen molar-refractivity contribution in [3.8, 4) is 5.75 Å². The lowest BCUT2D eigenvalue weighted by atomic mass is 9.80. The predicted molar refractivity (Wildman–Crippen MR) is 67.9 cm³/mol. The van der Waals surface area contributed by atoms with E-state index in [0.29, 0.717) is 12.3 Å². The maximum atomic E-state index is 11.9. The second kappa shape index (κ2) is 4.61. The number of benzene rings is 1. The molecule has 2 heterocycles. The molecular weight excluding hydrogens is 230 g/mol. The highest BCUT2D eigenvalue weighted by Crippen LogP contribution is 2.43. The van der Waals surface area contributed by atoms with Gasteiger partial charge in [-0.25, -0.2) is 0 Å². The molecule has 4 heteroatoms. The number of rotatable bonds is 2. The number of hydrogen-bond acceptors (Lipinski definition) is 3. The Morgan fingerprint density at radius 2 is 2.33 bits per heavy atom. The molecule has 2 aliphatic heterocycles. The molecule has 1 aromatic carbocycles. The van der Waals surface area contributed by atoms with Crippen molar-refractivity contribution in [2.45, 2.75) is 18.8 Å². The Hall–Kier alpha value is -1.55. The molecule has 0 radical (unpaired) electrons. The van der Waals surface area contributed by atoms with Crippen molar-refractivity contribution >= 4 is 11.6 Å². The van der Waals surface area contributed by atoms with E-state index in [1.54, 1.807) is 7.11 Å². The van der Waals surface area contributed by atoms with E-state index in [2.05, 4.69) is 11.4 Å². The fourth-order valence-corrected chi connectivity index (χ4v) is 2.95. The topological polar surface area (TPSA) is 47.6 Å². The highest BCUT2D eigenvalue weighted by atomic mass is 16.5. The molecule has 0 saturated carbocycles. The van der Waals surface area contributed by atoms with Crippen molar-refractivity contribution in [3.63, 3.8) is 0 Å². The van der Waals surface area contributed by atoms with Crippen LogP contribution in [0, 0.1) is 5.92 Å². The summed E-state index contributed by atoms with van der Waals surface area (Å²) < 4.78 is 10.8. The number of para-hydroxylation sites is 1. The normalized spacial score (nSPS) is 26.6. The van der Waals surface area contributed by atoms with Crippen molar-refractivity contribution in [2.24, 2.45) is 5.92 Å². The van der Waals surface area contributed by atoms with Gasteiger partial charge in [0.25, 0.3) is 0 Å². The Balaban J connectivity index is 2.01. The van der Waals surface area contributed by atoms with Gasteiger partial charge in [0.1, 0.15) is 5.75 Å². The van der Waals surface area contributed by atoms with Gasteiger partial charge in [-0.1, -0.05) is 12.1 Å². The Morgan fingerprint density at radius 3 is 3.06 bits per heavy atom. The largest absolute Gasteiger partial charge is 0.495 e. The molecule has 2 atom stereocenters. The lowest BCUT2D eigenvalue weighted by molar-refractivity contribution is -0.117. The van der Waals surface area contributed by atoms with Crippen molar-refractivity contribution in [1.82, 2.24) is 0 Å². The van der Waals surface area contributed by atoms with Gasteiger partial charge in [-0.15, -0.1) is 0 Å². The average molecular weight is 247 g/mol. The predicted octanol–water partition coefficient (Wildman–Crippen LogP) is 2.16. The summed E-state index contributed by atoms with van der Waals surface area (Å²) in [5, 5.41) is 2.93. The summed E-state index contributed by atoms with van der Waals surface area (Å²) in [7, 11) is 1.63. The van der Waals surface area contributed by atoms with Gasteiger partial charge in [0, 0.05) is 13.0 Å². The molecule has 4 nitrogen and oxygen atoms in total. The van der Waals surface area contributed by atoms with E-state index >= 15 is 0 Å². The molecule has 0 aliphatic carbocycles. The van der Waals surface area contributed by atoms with E-state index in [9.17, 15) is 4.79 Å². The van der Waals surface area contributed by atoms with Gasteiger partial charge in [0.2, 0.25) is 5.91 Å². The third kappa shape index (κ3) is 1.86. The second-order valence-electron chi connectivity index (χ2n) is 4.91. The zero-order chi connectivity index (χ0) is 12.5. The highest BCUT2D eigenvalue weighted by molar-refractivity contribution is 5.96. The first kappa shape index (κ1) is 11.5. The molecule has 0 aromatic heterocycles. The number of amides is 1. The van der Waals surface area contributed by atoms with Crippen LogP contribution in [0.25, 0.3) is 0 Å². The van der Waals surface area contributed by atoms with Gasteiger partial charge >= 0.3 is 0 Å². The highest BCUT2D eigenvalue weighted by Gasteiger charge is 2.34. The first-order chi connectivity index (χ1) is 8.79. The first-order valence-corrected chi connectivity index (χ1v) is 6.34. The van der Waals surface area contributed by atoms with Crippen LogP contribution in [0.4, 0.5) is 5.69 Å². The SMILES string of the molecule is COc1cccc2c1NC(=O)CC2C1CCOC1. The van der Waals surface area contributed by atoms with E-state index in [-0.39, 0.29) is 11.8 Å². The smallest absolute Gasteiger partial charge is 0.225 e. The summed E-state index contributed by atoms with van der Waals surface area (Å²) in [6, 6.07) is 5.95. The number of fused-ring (bicyclic) bond motifs is 1. The number of ether oxygens (including phenoxy) is 2. The van der Waals surface area contributed by atoms with Crippen molar-refractivity contribution in [1.29, 1.82) is 0 Å². The molecular formula is C14H17NO3. The minimum absolute atomic E-state index is 0.0731. The molecule has 1 N–H and O–H groups in total. The van der Waals surface area contributed by atoms with Crippen LogP contribution in [0.5, 0.6) is 5.75 Å². The first-order valence-electron chi connectivity index (χ1n) is 6.34. The lowest BCUT2D eigenvalue weighted by Crippen LogP contribution is -2.27. The minimum Gasteiger partial charge on any atom is -0.495 e. The molecule has 1 amide bonds. The number of carbonyl (C=O) groups is 1. The Bertz CT molecular complexity index is 466. The molecule has 3 rings (SSSR count). The van der Waals surface area contributed by atoms with Crippen molar-refractivity contribution in [3.05, 3.63) is 23.8 Å². The molecule has 0 bridgehead atoms. The van der Waals surface area contributed by atoms with Crippen molar-refractivity contribution < 1.29 is 14.3 Å². The van der Waals surface area contributed by atoms with Gasteiger partial charge < -0.3 is 14.8 Å². The monoisotopic (exact) mass is 247 g/mol. The molecule has 2 unspecified atom stereocenters. The molecule has 0 spiro atoms. The average Bonchev–Trinajstić information content (AvgIpc) is 2.90. The maximum absolute atomic E-state index is 11.9. The third-order valence-electron chi connectivity index (χ3n) is 3.88. The summed E-state index contributed by atoms with van der Waals surface area (Å²) in [5.74, 6) is 1.52. The van der Waals surface area contributed by atoms with Gasteiger partial charge in [0.05, 0.1) is 19.4 Å². The fourth-order valence-electron chi connectivity index (χ4n) is 2.95. The van der Waals surface area contributed by atoms with Crippen LogP contribution < -0.4 is 10.1 Å². The van der Waals surface area contributed by atoms with Gasteiger partial charge in [-0.05, 0) is 29.9 Å². The third-order valence-corrected chi connectivity index (χ3v) is 3.88. The molecule has 1 fully saturated rings. The van der Waals surface area contributed by atoms with E-state index in [4.69, 9.17) is 9.47 Å². The standard InChI is InChI=1S/C14H17NO3/c1-17-12-4-2-3-10-11(9-5-6-18-8-9)7-13(16)15-14(10)12/h2-4,9,11H,5-8H2,1H3,(H,15,16). The van der Waals surface area contributed by atoms with E-state index in [0.717, 1.165) is 31.1 Å². The van der Waals surface area contributed by atoms with Gasteiger partial charge in [0.15, 0.2) is 0 Å². The van der Waals surface area contributed by atoms with Crippen LogP contribution in [0.15, 0.2) is 18.2 Å².